The fourth-order valence-corrected chi connectivity index (χ4v) is 2.91. The quantitative estimate of drug-likeness (QED) is 0.624. The first kappa shape index (κ1) is 18.5. The molecule has 0 radical (unpaired) electrons. The zero-order chi connectivity index (χ0) is 19.2. The molecule has 1 atom stereocenters. The van der Waals surface area contributed by atoms with Gasteiger partial charge in [-0.05, 0) is 49.2 Å². The average molecular weight is 360 g/mol. The molecule has 0 bridgehead atoms. The van der Waals surface area contributed by atoms with Crippen molar-refractivity contribution in [2.45, 2.75) is 19.9 Å². The molecule has 0 fully saturated rings. The Kier molecular flexibility index (Phi) is 5.71. The number of aryl methyl sites for hydroxylation is 1. The molecule has 5 heteroatoms. The van der Waals surface area contributed by atoms with E-state index in [-0.39, 0.29) is 6.04 Å². The molecule has 1 aromatic heterocycles. The van der Waals surface area contributed by atoms with Crippen LogP contribution in [-0.4, -0.2) is 17.1 Å². The molecule has 0 aliphatic rings. The van der Waals surface area contributed by atoms with Gasteiger partial charge in [-0.1, -0.05) is 36.9 Å². The predicted octanol–water partition coefficient (Wildman–Crippen LogP) is 5.25. The second-order valence-electron chi connectivity index (χ2n) is 6.22. The van der Waals surface area contributed by atoms with Gasteiger partial charge in [-0.25, -0.2) is 4.98 Å². The highest BCUT2D eigenvalue weighted by Crippen LogP contribution is 2.30. The topological polar surface area (TPSA) is 50.3 Å². The number of anilines is 3. The number of ether oxygens (including phenoxy) is 1. The number of nitrogens with zero attached hydrogens (tertiary/aromatic N) is 3. The maximum Gasteiger partial charge on any atom is 0.225 e. The van der Waals surface area contributed by atoms with Gasteiger partial charge in [-0.15, -0.1) is 0 Å². The SMILES string of the molecule is C=CN(c1ccnc(N[C@@H](C)c2ccccc2)n1)c1ccc(OC)cc1C. The summed E-state index contributed by atoms with van der Waals surface area (Å²) < 4.78 is 5.29. The normalized spacial score (nSPS) is 11.5. The minimum absolute atomic E-state index is 0.0985. The first-order chi connectivity index (χ1) is 13.1. The zero-order valence-corrected chi connectivity index (χ0v) is 15.9. The number of hydrogen-bond acceptors (Lipinski definition) is 5. The van der Waals surface area contributed by atoms with E-state index in [1.165, 1.54) is 5.56 Å². The van der Waals surface area contributed by atoms with Gasteiger partial charge in [0.1, 0.15) is 11.6 Å². The van der Waals surface area contributed by atoms with Crippen LogP contribution in [0.3, 0.4) is 0 Å². The third-order valence-electron chi connectivity index (χ3n) is 4.38. The summed E-state index contributed by atoms with van der Waals surface area (Å²) in [6.45, 7) is 8.07. The molecule has 27 heavy (non-hydrogen) atoms. The summed E-state index contributed by atoms with van der Waals surface area (Å²) in [7, 11) is 1.66. The van der Waals surface area contributed by atoms with Crippen molar-refractivity contribution in [1.29, 1.82) is 0 Å². The first-order valence-electron chi connectivity index (χ1n) is 8.83. The van der Waals surface area contributed by atoms with Crippen molar-refractivity contribution in [1.82, 2.24) is 9.97 Å². The fourth-order valence-electron chi connectivity index (χ4n) is 2.91. The van der Waals surface area contributed by atoms with Crippen molar-refractivity contribution in [3.8, 4) is 5.75 Å². The number of benzene rings is 2. The van der Waals surface area contributed by atoms with Crippen LogP contribution in [0.15, 0.2) is 73.6 Å². The van der Waals surface area contributed by atoms with Crippen LogP contribution in [0.2, 0.25) is 0 Å². The third-order valence-corrected chi connectivity index (χ3v) is 4.38. The molecule has 0 unspecified atom stereocenters. The van der Waals surface area contributed by atoms with Gasteiger partial charge in [0.05, 0.1) is 18.8 Å². The van der Waals surface area contributed by atoms with E-state index in [2.05, 4.69) is 40.9 Å². The van der Waals surface area contributed by atoms with E-state index in [0.29, 0.717) is 5.95 Å². The lowest BCUT2D eigenvalue weighted by Gasteiger charge is -2.22. The number of rotatable bonds is 7. The van der Waals surface area contributed by atoms with E-state index in [1.54, 1.807) is 19.5 Å². The Balaban J connectivity index is 1.86. The van der Waals surface area contributed by atoms with Crippen LogP contribution >= 0.6 is 0 Å². The molecule has 0 saturated heterocycles. The molecular formula is C22H24N4O. The van der Waals surface area contributed by atoms with E-state index in [9.17, 15) is 0 Å². The molecule has 0 aliphatic heterocycles. The summed E-state index contributed by atoms with van der Waals surface area (Å²) >= 11 is 0. The van der Waals surface area contributed by atoms with Gasteiger partial charge < -0.3 is 15.0 Å². The Morgan fingerprint density at radius 2 is 1.93 bits per heavy atom. The maximum atomic E-state index is 5.29. The van der Waals surface area contributed by atoms with Crippen molar-refractivity contribution in [2.24, 2.45) is 0 Å². The largest absolute Gasteiger partial charge is 0.497 e. The predicted molar refractivity (Wildman–Crippen MR) is 111 cm³/mol. The maximum absolute atomic E-state index is 5.29. The molecule has 1 N–H and O–H groups in total. The minimum atomic E-state index is 0.0985. The summed E-state index contributed by atoms with van der Waals surface area (Å²) in [5.41, 5.74) is 3.24. The van der Waals surface area contributed by atoms with Crippen LogP contribution < -0.4 is 15.0 Å². The molecule has 138 valence electrons. The van der Waals surface area contributed by atoms with Gasteiger partial charge in [-0.3, -0.25) is 0 Å². The van der Waals surface area contributed by atoms with Crippen molar-refractivity contribution >= 4 is 17.5 Å². The number of methoxy groups -OCH3 is 1. The van der Waals surface area contributed by atoms with Crippen LogP contribution in [-0.2, 0) is 0 Å². The van der Waals surface area contributed by atoms with Crippen LogP contribution in [0.25, 0.3) is 0 Å². The van der Waals surface area contributed by atoms with Crippen LogP contribution in [0.5, 0.6) is 5.75 Å². The zero-order valence-electron chi connectivity index (χ0n) is 15.9. The smallest absolute Gasteiger partial charge is 0.225 e. The molecular weight excluding hydrogens is 336 g/mol. The van der Waals surface area contributed by atoms with E-state index < -0.39 is 0 Å². The lowest BCUT2D eigenvalue weighted by Crippen LogP contribution is -2.14. The summed E-state index contributed by atoms with van der Waals surface area (Å²) in [5.74, 6) is 2.14. The molecule has 2 aromatic carbocycles. The van der Waals surface area contributed by atoms with Crippen LogP contribution in [0.4, 0.5) is 17.5 Å². The Morgan fingerprint density at radius 1 is 1.15 bits per heavy atom. The lowest BCUT2D eigenvalue weighted by molar-refractivity contribution is 0.414. The summed E-state index contributed by atoms with van der Waals surface area (Å²) in [6.07, 6.45) is 3.50. The van der Waals surface area contributed by atoms with Gasteiger partial charge in [0.25, 0.3) is 0 Å². The molecule has 0 amide bonds. The van der Waals surface area contributed by atoms with Crippen molar-refractivity contribution in [3.63, 3.8) is 0 Å². The number of nitrogens with one attached hydrogen (secondary N) is 1. The highest BCUT2D eigenvalue weighted by Gasteiger charge is 2.13. The van der Waals surface area contributed by atoms with Crippen molar-refractivity contribution in [3.05, 3.63) is 84.7 Å². The first-order valence-corrected chi connectivity index (χ1v) is 8.83. The number of aromatic nitrogens is 2. The molecule has 3 aromatic rings. The van der Waals surface area contributed by atoms with E-state index in [0.717, 1.165) is 22.8 Å². The Labute approximate surface area is 160 Å². The highest BCUT2D eigenvalue weighted by atomic mass is 16.5. The monoisotopic (exact) mass is 360 g/mol. The second-order valence-corrected chi connectivity index (χ2v) is 6.22. The van der Waals surface area contributed by atoms with E-state index >= 15 is 0 Å². The minimum Gasteiger partial charge on any atom is -0.497 e. The molecule has 0 spiro atoms. The fraction of sp³-hybridized carbons (Fsp3) is 0.182. The lowest BCUT2D eigenvalue weighted by atomic mass is 10.1. The van der Waals surface area contributed by atoms with Crippen LogP contribution in [0, 0.1) is 6.92 Å². The number of hydrogen-bond donors (Lipinski definition) is 1. The Morgan fingerprint density at radius 3 is 2.59 bits per heavy atom. The third kappa shape index (κ3) is 4.26. The van der Waals surface area contributed by atoms with Gasteiger partial charge in [0.2, 0.25) is 5.95 Å². The summed E-state index contributed by atoms with van der Waals surface area (Å²) in [5, 5.41) is 3.36. The molecule has 5 nitrogen and oxygen atoms in total. The second kappa shape index (κ2) is 8.36. The molecule has 3 rings (SSSR count). The summed E-state index contributed by atoms with van der Waals surface area (Å²) in [4.78, 5) is 11.0. The Hall–Kier alpha value is -3.34. The molecule has 0 aliphatic carbocycles. The van der Waals surface area contributed by atoms with Gasteiger partial charge in [-0.2, -0.15) is 4.98 Å². The Bertz CT molecular complexity index is 911. The van der Waals surface area contributed by atoms with E-state index in [4.69, 9.17) is 4.74 Å². The van der Waals surface area contributed by atoms with E-state index in [1.807, 2.05) is 54.3 Å². The average Bonchev–Trinajstić information content (AvgIpc) is 2.70. The van der Waals surface area contributed by atoms with Crippen molar-refractivity contribution < 1.29 is 4.74 Å². The molecule has 0 saturated carbocycles. The molecule has 1 heterocycles. The van der Waals surface area contributed by atoms with Gasteiger partial charge in [0, 0.05) is 12.4 Å². The summed E-state index contributed by atoms with van der Waals surface area (Å²) in [6, 6.07) is 18.1. The highest BCUT2D eigenvalue weighted by molar-refractivity contribution is 5.67. The van der Waals surface area contributed by atoms with Gasteiger partial charge >= 0.3 is 0 Å². The van der Waals surface area contributed by atoms with Crippen molar-refractivity contribution in [2.75, 3.05) is 17.3 Å². The van der Waals surface area contributed by atoms with Crippen LogP contribution in [0.1, 0.15) is 24.1 Å². The standard InChI is InChI=1S/C22H24N4O/c1-5-26(20-12-11-19(27-4)15-16(20)2)21-13-14-23-22(25-21)24-17(3)18-9-7-6-8-10-18/h5-15,17H,1H2,2-4H3,(H,23,24,25)/t17-/m0/s1. The van der Waals surface area contributed by atoms with Gasteiger partial charge in [0.15, 0.2) is 0 Å².